The lowest BCUT2D eigenvalue weighted by Gasteiger charge is -2.37. The number of aromatic nitrogens is 14. The van der Waals surface area contributed by atoms with Crippen LogP contribution >= 0.6 is 11.6 Å². The number of benzene rings is 2. The SMILES string of the molecule is C[C@@H]1CC[C@@H](N)CN1C(=O)c1ccccc1-n1nccn1.Cc1nc2ccnc(Cl)n2n1.Cc1nc2ccnc(O[C@@H]3CC[C@@H](C)N(C(=O)c4ccccc4-n4nccn4)C3)n2n1. The van der Waals surface area contributed by atoms with E-state index < -0.39 is 0 Å². The number of nitrogens with two attached hydrogens (primary N) is 1. The molecule has 10 rings (SSSR count). The summed E-state index contributed by atoms with van der Waals surface area (Å²) in [6.45, 7) is 8.81. The number of para-hydroxylation sites is 2. The van der Waals surface area contributed by atoms with E-state index in [1.807, 2.05) is 66.1 Å². The normalized spacial score (nSPS) is 18.6. The summed E-state index contributed by atoms with van der Waals surface area (Å²) in [5.74, 6) is 1.26. The molecule has 4 atom stereocenters. The van der Waals surface area contributed by atoms with Crippen LogP contribution in [0.3, 0.4) is 0 Å². The van der Waals surface area contributed by atoms with E-state index in [-0.39, 0.29) is 36.0 Å². The maximum absolute atomic E-state index is 13.5. The minimum atomic E-state index is -0.197. The van der Waals surface area contributed by atoms with Crippen molar-refractivity contribution in [3.05, 3.63) is 126 Å². The highest BCUT2D eigenvalue weighted by molar-refractivity contribution is 6.28. The third-order valence-electron chi connectivity index (χ3n) is 10.7. The lowest BCUT2D eigenvalue weighted by Crippen LogP contribution is -2.50. The summed E-state index contributed by atoms with van der Waals surface area (Å²) in [7, 11) is 0. The van der Waals surface area contributed by atoms with Gasteiger partial charge in [-0.05, 0) is 89.2 Å². The van der Waals surface area contributed by atoms with E-state index in [0.717, 1.165) is 31.3 Å². The fourth-order valence-corrected chi connectivity index (χ4v) is 7.73. The third-order valence-corrected chi connectivity index (χ3v) is 11.0. The maximum Gasteiger partial charge on any atom is 0.319 e. The van der Waals surface area contributed by atoms with Crippen molar-refractivity contribution >= 4 is 34.7 Å². The number of ether oxygens (including phenoxy) is 1. The van der Waals surface area contributed by atoms with Crippen LogP contribution in [-0.2, 0) is 0 Å². The first-order chi connectivity index (χ1) is 30.5. The monoisotopic (exact) mass is 871 g/mol. The second-order valence-corrected chi connectivity index (χ2v) is 15.6. The predicted molar refractivity (Wildman–Crippen MR) is 231 cm³/mol. The predicted octanol–water partition coefficient (Wildman–Crippen LogP) is 4.39. The maximum atomic E-state index is 13.5. The number of halogens is 1. The molecule has 324 valence electrons. The van der Waals surface area contributed by atoms with Crippen molar-refractivity contribution in [2.75, 3.05) is 13.1 Å². The lowest BCUT2D eigenvalue weighted by molar-refractivity contribution is 0.0352. The molecule has 0 radical (unpaired) electrons. The number of carbonyl (C=O) groups is 2. The van der Waals surface area contributed by atoms with E-state index in [1.54, 1.807) is 59.9 Å². The van der Waals surface area contributed by atoms with Crippen molar-refractivity contribution in [3.8, 4) is 17.4 Å². The summed E-state index contributed by atoms with van der Waals surface area (Å²) in [6.07, 6.45) is 13.0. The Bertz CT molecular complexity index is 2810. The summed E-state index contributed by atoms with van der Waals surface area (Å²) < 4.78 is 9.27. The van der Waals surface area contributed by atoms with E-state index in [4.69, 9.17) is 22.1 Å². The van der Waals surface area contributed by atoms with Gasteiger partial charge in [-0.25, -0.2) is 19.9 Å². The van der Waals surface area contributed by atoms with Crippen LogP contribution < -0.4 is 10.5 Å². The highest BCUT2D eigenvalue weighted by Crippen LogP contribution is 2.26. The molecule has 8 heterocycles. The standard InChI is InChI=1S/C21H22N8O2.C15H19N5O.C6H5ClN4/c1-14-7-8-16(31-21-22-10-9-19-25-15(2)26-28(19)21)13-27(14)20(30)17-5-3-4-6-18(17)29-23-11-12-24-29;1-11-6-7-12(16)10-19(11)15(21)13-4-2-3-5-14(13)20-17-8-9-18-20;1-4-9-5-2-3-8-6(7)11(5)10-4/h3-6,9-12,14,16H,7-8,13H2,1-2H3;2-5,8-9,11-12H,6-7,10,16H2,1H3;2-3H,1H3/t14-,16-;11-,12-;/m11./s1. The summed E-state index contributed by atoms with van der Waals surface area (Å²) in [4.78, 5) is 49.6. The first-order valence-corrected chi connectivity index (χ1v) is 20.9. The summed E-state index contributed by atoms with van der Waals surface area (Å²) in [6, 6.07) is 19.0. The molecule has 2 fully saturated rings. The zero-order valence-electron chi connectivity index (χ0n) is 35.1. The lowest BCUT2D eigenvalue weighted by atomic mass is 9.98. The summed E-state index contributed by atoms with van der Waals surface area (Å²) >= 11 is 5.72. The molecular weight excluding hydrogens is 826 g/mol. The van der Waals surface area contributed by atoms with Crippen molar-refractivity contribution in [2.24, 2.45) is 5.73 Å². The van der Waals surface area contributed by atoms with Crippen LogP contribution in [0.5, 0.6) is 6.01 Å². The molecule has 2 N–H and O–H groups in total. The molecule has 8 aromatic rings. The van der Waals surface area contributed by atoms with E-state index in [1.165, 1.54) is 14.1 Å². The number of hydrogen-bond acceptors (Lipinski definition) is 14. The topological polar surface area (TPSA) is 223 Å². The van der Waals surface area contributed by atoms with Gasteiger partial charge in [-0.1, -0.05) is 24.3 Å². The number of likely N-dealkylation sites (tertiary alicyclic amines) is 2. The minimum Gasteiger partial charge on any atom is -0.458 e. The average Bonchev–Trinajstić information content (AvgIpc) is 4.14. The van der Waals surface area contributed by atoms with Crippen LogP contribution in [-0.4, -0.2) is 128 Å². The molecule has 63 heavy (non-hydrogen) atoms. The Hall–Kier alpha value is -7.19. The summed E-state index contributed by atoms with van der Waals surface area (Å²) in [5, 5.41) is 25.3. The molecule has 0 saturated carbocycles. The number of piperidine rings is 2. The quantitative estimate of drug-likeness (QED) is 0.229. The van der Waals surface area contributed by atoms with Crippen molar-refractivity contribution in [1.29, 1.82) is 0 Å². The van der Waals surface area contributed by atoms with E-state index in [0.29, 0.717) is 64.2 Å². The van der Waals surface area contributed by atoms with E-state index in [9.17, 15) is 9.59 Å². The Morgan fingerprint density at radius 3 is 1.70 bits per heavy atom. The first-order valence-electron chi connectivity index (χ1n) is 20.5. The smallest absolute Gasteiger partial charge is 0.319 e. The fraction of sp³-hybridized carbons (Fsp3) is 0.333. The second kappa shape index (κ2) is 18.8. The Kier molecular flexibility index (Phi) is 12.7. The highest BCUT2D eigenvalue weighted by Gasteiger charge is 2.33. The van der Waals surface area contributed by atoms with Crippen LogP contribution in [0, 0.1) is 13.8 Å². The second-order valence-electron chi connectivity index (χ2n) is 15.2. The molecule has 21 heteroatoms. The molecule has 2 aliphatic heterocycles. The van der Waals surface area contributed by atoms with Gasteiger partial charge in [0.05, 0.1) is 53.8 Å². The average molecular weight is 872 g/mol. The molecule has 0 spiro atoms. The van der Waals surface area contributed by atoms with Gasteiger partial charge < -0.3 is 20.3 Å². The van der Waals surface area contributed by atoms with Gasteiger partial charge in [0.15, 0.2) is 11.3 Å². The molecule has 0 bridgehead atoms. The Morgan fingerprint density at radius 1 is 0.635 bits per heavy atom. The minimum absolute atomic E-state index is 0.00875. The molecule has 0 aliphatic carbocycles. The van der Waals surface area contributed by atoms with E-state index in [2.05, 4.69) is 64.4 Å². The largest absolute Gasteiger partial charge is 0.458 e. The number of aryl methyl sites for hydroxylation is 2. The Labute approximate surface area is 366 Å². The van der Waals surface area contributed by atoms with E-state index >= 15 is 0 Å². The number of rotatable bonds is 6. The van der Waals surface area contributed by atoms with Gasteiger partial charge in [0, 0.05) is 49.2 Å². The number of nitrogens with zero attached hydrogens (tertiary/aromatic N) is 16. The van der Waals surface area contributed by atoms with Crippen molar-refractivity contribution in [3.63, 3.8) is 0 Å². The van der Waals surface area contributed by atoms with Crippen LogP contribution in [0.1, 0.15) is 71.9 Å². The van der Waals surface area contributed by atoms with Gasteiger partial charge in [0.25, 0.3) is 11.8 Å². The van der Waals surface area contributed by atoms with Crippen LogP contribution in [0.15, 0.2) is 97.8 Å². The fourth-order valence-electron chi connectivity index (χ4n) is 7.55. The molecular formula is C42H46ClN17O3. The van der Waals surface area contributed by atoms with Gasteiger partial charge >= 0.3 is 6.01 Å². The van der Waals surface area contributed by atoms with Crippen LogP contribution in [0.4, 0.5) is 0 Å². The Balaban J connectivity index is 0.000000146. The van der Waals surface area contributed by atoms with Crippen LogP contribution in [0.25, 0.3) is 22.7 Å². The zero-order chi connectivity index (χ0) is 44.0. The number of hydrogen-bond donors (Lipinski definition) is 1. The number of amides is 2. The van der Waals surface area contributed by atoms with Gasteiger partial charge in [0.2, 0.25) is 5.28 Å². The number of fused-ring (bicyclic) bond motifs is 2. The highest BCUT2D eigenvalue weighted by atomic mass is 35.5. The summed E-state index contributed by atoms with van der Waals surface area (Å²) in [5.41, 5.74) is 9.92. The first kappa shape index (κ1) is 42.5. The molecule has 2 aliphatic rings. The third kappa shape index (κ3) is 9.51. The molecule has 2 saturated heterocycles. The van der Waals surface area contributed by atoms with Crippen LogP contribution in [0.2, 0.25) is 5.28 Å². The van der Waals surface area contributed by atoms with Gasteiger partial charge in [-0.2, -0.15) is 39.0 Å². The van der Waals surface area contributed by atoms with Crippen molar-refractivity contribution < 1.29 is 14.3 Å². The molecule has 6 aromatic heterocycles. The van der Waals surface area contributed by atoms with Gasteiger partial charge in [0.1, 0.15) is 17.8 Å². The van der Waals surface area contributed by atoms with Gasteiger partial charge in [-0.15, -0.1) is 10.2 Å². The Morgan fingerprint density at radius 2 is 1.13 bits per heavy atom. The number of carbonyl (C=O) groups excluding carboxylic acids is 2. The molecule has 2 aromatic carbocycles. The molecule has 20 nitrogen and oxygen atoms in total. The molecule has 0 unspecified atom stereocenters. The van der Waals surface area contributed by atoms with Gasteiger partial charge in [-0.3, -0.25) is 9.59 Å². The molecule has 2 amide bonds. The zero-order valence-corrected chi connectivity index (χ0v) is 35.9. The van der Waals surface area contributed by atoms with Crippen molar-refractivity contribution in [2.45, 2.75) is 77.6 Å². The van der Waals surface area contributed by atoms with Crippen molar-refractivity contribution in [1.82, 2.24) is 79.0 Å².